The zero-order valence-electron chi connectivity index (χ0n) is 18.7. The summed E-state index contributed by atoms with van der Waals surface area (Å²) in [5.41, 5.74) is 1.61. The number of benzene rings is 1. The summed E-state index contributed by atoms with van der Waals surface area (Å²) in [6, 6.07) is 7.01. The van der Waals surface area contributed by atoms with Crippen LogP contribution in [0.15, 0.2) is 24.3 Å². The molecule has 1 fully saturated rings. The third kappa shape index (κ3) is 6.14. The Morgan fingerprint density at radius 3 is 2.53 bits per heavy atom. The molecule has 1 aromatic carbocycles. The number of carbonyl (C=O) groups is 1. The molecule has 0 bridgehead atoms. The van der Waals surface area contributed by atoms with Crippen LogP contribution >= 0.6 is 0 Å². The van der Waals surface area contributed by atoms with Crippen molar-refractivity contribution in [2.24, 2.45) is 0 Å². The van der Waals surface area contributed by atoms with E-state index in [4.69, 9.17) is 15.1 Å². The van der Waals surface area contributed by atoms with Crippen LogP contribution in [0, 0.1) is 5.41 Å². The molecule has 172 valence electrons. The molecule has 2 amide bonds. The van der Waals surface area contributed by atoms with Crippen LogP contribution in [0.5, 0.6) is 0 Å². The number of carbonyl (C=O) groups excluding carboxylic acids is 1. The molecule has 10 nitrogen and oxygen atoms in total. The first-order chi connectivity index (χ1) is 15.3. The van der Waals surface area contributed by atoms with Crippen molar-refractivity contribution in [3.8, 4) is 11.3 Å². The van der Waals surface area contributed by atoms with Crippen molar-refractivity contribution in [1.82, 2.24) is 15.3 Å². The van der Waals surface area contributed by atoms with Gasteiger partial charge in [0.15, 0.2) is 0 Å². The molecule has 0 spiro atoms. The fourth-order valence-electron chi connectivity index (χ4n) is 3.20. The second kappa shape index (κ2) is 10.4. The summed E-state index contributed by atoms with van der Waals surface area (Å²) in [7, 11) is 0. The van der Waals surface area contributed by atoms with Gasteiger partial charge in [-0.05, 0) is 32.9 Å². The highest BCUT2D eigenvalue weighted by atomic mass is 16.5. The molecule has 0 radical (unpaired) electrons. The van der Waals surface area contributed by atoms with Gasteiger partial charge in [-0.1, -0.05) is 12.1 Å². The number of aromatic nitrogens is 2. The van der Waals surface area contributed by atoms with Crippen molar-refractivity contribution in [1.29, 1.82) is 5.41 Å². The molecule has 0 atom stereocenters. The Bertz CT molecular complexity index is 936. The highest BCUT2D eigenvalue weighted by Gasteiger charge is 2.21. The van der Waals surface area contributed by atoms with Crippen LogP contribution in [-0.2, 0) is 4.74 Å². The molecule has 0 unspecified atom stereocenters. The lowest BCUT2D eigenvalue weighted by molar-refractivity contribution is 0.0944. The maximum absolute atomic E-state index is 11.8. The first-order valence-electron chi connectivity index (χ1n) is 10.7. The molecule has 5 N–H and O–H groups in total. The highest BCUT2D eigenvalue weighted by Crippen LogP contribution is 2.29. The van der Waals surface area contributed by atoms with Gasteiger partial charge < -0.3 is 36.1 Å². The molecular weight excluding hydrogens is 410 g/mol. The van der Waals surface area contributed by atoms with E-state index < -0.39 is 5.60 Å². The molecular formula is C22H31N7O3. The quantitative estimate of drug-likeness (QED) is 0.397. The summed E-state index contributed by atoms with van der Waals surface area (Å²) >= 11 is 0. The number of anilines is 3. The fraction of sp³-hybridized carbons (Fsp3) is 0.455. The zero-order valence-corrected chi connectivity index (χ0v) is 18.7. The average Bonchev–Trinajstić information content (AvgIpc) is 2.78. The minimum Gasteiger partial charge on any atom is -0.389 e. The van der Waals surface area contributed by atoms with Crippen molar-refractivity contribution < 1.29 is 14.6 Å². The van der Waals surface area contributed by atoms with E-state index in [0.717, 1.165) is 5.56 Å². The number of nitrogens with one attached hydrogen (secondary N) is 4. The average molecular weight is 442 g/mol. The van der Waals surface area contributed by atoms with E-state index >= 15 is 0 Å². The van der Waals surface area contributed by atoms with Crippen LogP contribution in [0.3, 0.4) is 0 Å². The monoisotopic (exact) mass is 441 g/mol. The zero-order chi connectivity index (χ0) is 23.1. The Kier molecular flexibility index (Phi) is 7.60. The molecule has 2 aromatic rings. The molecule has 1 saturated heterocycles. The predicted molar refractivity (Wildman–Crippen MR) is 126 cm³/mol. The second-order valence-corrected chi connectivity index (χ2v) is 8.11. The standard InChI is InChI=1S/C22H31N7O3/c1-4-24-21(30)26-16-7-5-15(6-8-16)18-17(13-23)19(25-14-22(2,3)31)28-20(27-18)29-9-11-32-12-10-29/h5-8,13,23,31H,4,9-12,14H2,1-3H3,(H2,24,26,30)(H,25,27,28). The second-order valence-electron chi connectivity index (χ2n) is 8.11. The summed E-state index contributed by atoms with van der Waals surface area (Å²) < 4.78 is 5.44. The summed E-state index contributed by atoms with van der Waals surface area (Å²) in [6.45, 7) is 8.60. The van der Waals surface area contributed by atoms with Crippen LogP contribution in [0.4, 0.5) is 22.2 Å². The van der Waals surface area contributed by atoms with Gasteiger partial charge in [0.2, 0.25) is 5.95 Å². The number of urea groups is 1. The van der Waals surface area contributed by atoms with Crippen molar-refractivity contribution >= 4 is 29.7 Å². The summed E-state index contributed by atoms with van der Waals surface area (Å²) in [4.78, 5) is 23.2. The van der Waals surface area contributed by atoms with E-state index in [1.165, 1.54) is 6.21 Å². The van der Waals surface area contributed by atoms with Gasteiger partial charge in [-0.2, -0.15) is 4.98 Å². The van der Waals surface area contributed by atoms with E-state index in [1.54, 1.807) is 26.0 Å². The van der Waals surface area contributed by atoms with Crippen LogP contribution in [0.1, 0.15) is 26.3 Å². The number of nitrogens with zero attached hydrogens (tertiary/aromatic N) is 3. The van der Waals surface area contributed by atoms with E-state index in [-0.39, 0.29) is 12.6 Å². The Balaban J connectivity index is 1.98. The number of amides is 2. The minimum atomic E-state index is -0.948. The van der Waals surface area contributed by atoms with Crippen molar-refractivity contribution in [2.45, 2.75) is 26.4 Å². The van der Waals surface area contributed by atoms with Crippen molar-refractivity contribution in [3.63, 3.8) is 0 Å². The molecule has 0 saturated carbocycles. The van der Waals surface area contributed by atoms with E-state index in [1.807, 2.05) is 24.0 Å². The Morgan fingerprint density at radius 2 is 1.94 bits per heavy atom. The van der Waals surface area contributed by atoms with Crippen molar-refractivity contribution in [3.05, 3.63) is 29.8 Å². The number of rotatable bonds is 8. The van der Waals surface area contributed by atoms with Gasteiger partial charge in [0.1, 0.15) is 5.82 Å². The van der Waals surface area contributed by atoms with Crippen LogP contribution < -0.4 is 20.9 Å². The molecule has 32 heavy (non-hydrogen) atoms. The summed E-state index contributed by atoms with van der Waals surface area (Å²) in [6.07, 6.45) is 1.21. The molecule has 0 aliphatic carbocycles. The first-order valence-corrected chi connectivity index (χ1v) is 10.7. The maximum atomic E-state index is 11.8. The third-order valence-corrected chi connectivity index (χ3v) is 4.81. The lowest BCUT2D eigenvalue weighted by Crippen LogP contribution is -2.38. The van der Waals surface area contributed by atoms with E-state index in [2.05, 4.69) is 20.9 Å². The number of morpholine rings is 1. The van der Waals surface area contributed by atoms with Gasteiger partial charge in [0, 0.05) is 43.6 Å². The molecule has 1 aliphatic rings. The fourth-order valence-corrected chi connectivity index (χ4v) is 3.20. The van der Waals surface area contributed by atoms with Gasteiger partial charge >= 0.3 is 6.03 Å². The molecule has 10 heteroatoms. The van der Waals surface area contributed by atoms with Gasteiger partial charge in [-0.15, -0.1) is 0 Å². The first kappa shape index (κ1) is 23.4. The molecule has 1 aromatic heterocycles. The smallest absolute Gasteiger partial charge is 0.319 e. The SMILES string of the molecule is CCNC(=O)Nc1ccc(-c2nc(N3CCOCC3)nc(NCC(C)(C)O)c2C=N)cc1. The molecule has 1 aliphatic heterocycles. The number of aliphatic hydroxyl groups is 1. The third-order valence-electron chi connectivity index (χ3n) is 4.81. The van der Waals surface area contributed by atoms with Crippen molar-refractivity contribution in [2.75, 3.05) is 54.9 Å². The normalized spacial score (nSPS) is 14.1. The minimum absolute atomic E-state index is 0.266. The van der Waals surface area contributed by atoms with E-state index in [0.29, 0.717) is 61.6 Å². The number of hydrogen-bond acceptors (Lipinski definition) is 8. The topological polar surface area (TPSA) is 135 Å². The molecule has 3 rings (SSSR count). The Morgan fingerprint density at radius 1 is 1.25 bits per heavy atom. The predicted octanol–water partition coefficient (Wildman–Crippen LogP) is 2.30. The van der Waals surface area contributed by atoms with Crippen LogP contribution in [-0.4, -0.2) is 72.3 Å². The van der Waals surface area contributed by atoms with E-state index in [9.17, 15) is 9.90 Å². The lowest BCUT2D eigenvalue weighted by atomic mass is 10.1. The highest BCUT2D eigenvalue weighted by molar-refractivity contribution is 5.94. The Labute approximate surface area is 187 Å². The van der Waals surface area contributed by atoms with Crippen LogP contribution in [0.25, 0.3) is 11.3 Å². The van der Waals surface area contributed by atoms with Gasteiger partial charge in [-0.3, -0.25) is 0 Å². The Hall–Kier alpha value is -3.24. The largest absolute Gasteiger partial charge is 0.389 e. The maximum Gasteiger partial charge on any atom is 0.319 e. The number of hydrogen-bond donors (Lipinski definition) is 5. The van der Waals surface area contributed by atoms with Gasteiger partial charge in [0.05, 0.1) is 30.1 Å². The van der Waals surface area contributed by atoms with Crippen LogP contribution in [0.2, 0.25) is 0 Å². The van der Waals surface area contributed by atoms with Gasteiger partial charge in [-0.25, -0.2) is 9.78 Å². The number of ether oxygens (including phenoxy) is 1. The summed E-state index contributed by atoms with van der Waals surface area (Å²) in [5, 5.41) is 26.8. The lowest BCUT2D eigenvalue weighted by Gasteiger charge is -2.28. The van der Waals surface area contributed by atoms with Gasteiger partial charge in [0.25, 0.3) is 0 Å². The summed E-state index contributed by atoms with van der Waals surface area (Å²) in [5.74, 6) is 1.02. The molecule has 2 heterocycles.